The van der Waals surface area contributed by atoms with Crippen LogP contribution in [0.25, 0.3) is 22.6 Å². The van der Waals surface area contributed by atoms with Gasteiger partial charge in [-0.05, 0) is 38.5 Å². The average molecular weight is 498 g/mol. The highest BCUT2D eigenvalue weighted by Gasteiger charge is 2.74. The summed E-state index contributed by atoms with van der Waals surface area (Å²) in [5.41, 5.74) is 1.72. The van der Waals surface area contributed by atoms with Crippen molar-refractivity contribution in [3.05, 3.63) is 59.5 Å². The molecule has 0 bridgehead atoms. The first kappa shape index (κ1) is 21.2. The van der Waals surface area contributed by atoms with E-state index in [9.17, 15) is 9.18 Å². The molecule has 1 aliphatic carbocycles. The van der Waals surface area contributed by atoms with Crippen molar-refractivity contribution in [2.75, 3.05) is 23.4 Å². The number of hydrogen-bond acceptors (Lipinski definition) is 7. The fourth-order valence-corrected chi connectivity index (χ4v) is 6.40. The molecule has 3 fully saturated rings. The van der Waals surface area contributed by atoms with Gasteiger partial charge >= 0.3 is 0 Å². The van der Waals surface area contributed by atoms with Crippen LogP contribution in [0.4, 0.5) is 16.0 Å². The van der Waals surface area contributed by atoms with Crippen molar-refractivity contribution in [1.29, 1.82) is 0 Å². The molecular formula is C27H24FN7O2. The van der Waals surface area contributed by atoms with E-state index in [1.54, 1.807) is 29.1 Å². The molecule has 1 amide bonds. The Bertz CT molecular complexity index is 1650. The van der Waals surface area contributed by atoms with Gasteiger partial charge in [0.05, 0.1) is 41.2 Å². The lowest BCUT2D eigenvalue weighted by molar-refractivity contribution is -0.119. The Morgan fingerprint density at radius 3 is 2.86 bits per heavy atom. The van der Waals surface area contributed by atoms with E-state index in [-0.39, 0.29) is 29.9 Å². The summed E-state index contributed by atoms with van der Waals surface area (Å²) in [6, 6.07) is 10.4. The summed E-state index contributed by atoms with van der Waals surface area (Å²) in [6.07, 6.45) is 2.98. The van der Waals surface area contributed by atoms with Gasteiger partial charge in [-0.25, -0.2) is 24.0 Å². The Balaban J connectivity index is 1.30. The summed E-state index contributed by atoms with van der Waals surface area (Å²) in [5.74, 6) is 1.80. The molecule has 10 heteroatoms. The van der Waals surface area contributed by atoms with Gasteiger partial charge in [0.1, 0.15) is 23.1 Å². The van der Waals surface area contributed by atoms with Gasteiger partial charge in [-0.2, -0.15) is 5.10 Å². The zero-order valence-electron chi connectivity index (χ0n) is 20.4. The first-order valence-corrected chi connectivity index (χ1v) is 12.6. The minimum Gasteiger partial charge on any atom is -0.374 e. The Morgan fingerprint density at radius 2 is 2.05 bits per heavy atom. The number of rotatable bonds is 4. The number of ether oxygens (including phenoxy) is 1. The number of fused-ring (bicyclic) bond motifs is 2. The fourth-order valence-electron chi connectivity index (χ4n) is 6.40. The van der Waals surface area contributed by atoms with Crippen LogP contribution in [0, 0.1) is 11.7 Å². The quantitative estimate of drug-likeness (QED) is 0.462. The lowest BCUT2D eigenvalue weighted by atomic mass is 9.85. The monoisotopic (exact) mass is 497 g/mol. The molecule has 3 aliphatic heterocycles. The van der Waals surface area contributed by atoms with Crippen molar-refractivity contribution in [2.24, 2.45) is 5.92 Å². The van der Waals surface area contributed by atoms with Crippen LogP contribution in [0.15, 0.2) is 42.6 Å². The summed E-state index contributed by atoms with van der Waals surface area (Å²) in [6.45, 7) is 5.56. The first-order valence-electron chi connectivity index (χ1n) is 12.6. The molecule has 0 radical (unpaired) electrons. The third-order valence-corrected chi connectivity index (χ3v) is 8.59. The number of pyridine rings is 1. The summed E-state index contributed by atoms with van der Waals surface area (Å²) >= 11 is 0. The molecule has 186 valence electrons. The lowest BCUT2D eigenvalue weighted by Gasteiger charge is -2.48. The first-order chi connectivity index (χ1) is 17.9. The molecule has 4 aliphatic rings. The van der Waals surface area contributed by atoms with Gasteiger partial charge in [-0.15, -0.1) is 0 Å². The molecule has 1 unspecified atom stereocenters. The molecule has 6 heterocycles. The maximum atomic E-state index is 14.5. The summed E-state index contributed by atoms with van der Waals surface area (Å²) in [4.78, 5) is 29.7. The lowest BCUT2D eigenvalue weighted by Crippen LogP contribution is -2.63. The van der Waals surface area contributed by atoms with Crippen LogP contribution in [-0.4, -0.2) is 55.4 Å². The summed E-state index contributed by atoms with van der Waals surface area (Å²) in [5, 5.41) is 8.57. The smallest absolute Gasteiger partial charge is 0.235 e. The second-order valence-corrected chi connectivity index (χ2v) is 11.0. The molecule has 1 aromatic carbocycles. The van der Waals surface area contributed by atoms with Crippen LogP contribution < -0.4 is 10.2 Å². The molecule has 9 nitrogen and oxygen atoms in total. The van der Waals surface area contributed by atoms with Crippen LogP contribution in [0.1, 0.15) is 31.4 Å². The highest BCUT2D eigenvalue weighted by molar-refractivity contribution is 6.07. The second kappa shape index (κ2) is 6.89. The molecule has 4 aromatic rings. The largest absolute Gasteiger partial charge is 0.374 e. The van der Waals surface area contributed by atoms with Crippen LogP contribution in [0.3, 0.4) is 0 Å². The van der Waals surface area contributed by atoms with Crippen molar-refractivity contribution in [3.63, 3.8) is 0 Å². The topological polar surface area (TPSA) is 98.1 Å². The normalized spacial score (nSPS) is 26.5. The van der Waals surface area contributed by atoms with Crippen LogP contribution in [-0.2, 0) is 21.5 Å². The zero-order chi connectivity index (χ0) is 25.1. The van der Waals surface area contributed by atoms with E-state index < -0.39 is 5.41 Å². The van der Waals surface area contributed by atoms with Crippen molar-refractivity contribution in [3.8, 4) is 11.5 Å². The van der Waals surface area contributed by atoms with Crippen LogP contribution in [0.5, 0.6) is 0 Å². The molecule has 8 rings (SSSR count). The Labute approximate surface area is 211 Å². The average Bonchev–Trinajstić information content (AvgIpc) is 3.36. The molecule has 3 aromatic heterocycles. The van der Waals surface area contributed by atoms with E-state index in [0.29, 0.717) is 34.5 Å². The van der Waals surface area contributed by atoms with E-state index in [1.165, 1.54) is 6.07 Å². The third-order valence-electron chi connectivity index (χ3n) is 8.59. The van der Waals surface area contributed by atoms with Crippen LogP contribution in [0.2, 0.25) is 0 Å². The maximum absolute atomic E-state index is 14.5. The predicted octanol–water partition coefficient (Wildman–Crippen LogP) is 3.28. The van der Waals surface area contributed by atoms with Gasteiger partial charge < -0.3 is 15.0 Å². The second-order valence-electron chi connectivity index (χ2n) is 11.0. The predicted molar refractivity (Wildman–Crippen MR) is 134 cm³/mol. The summed E-state index contributed by atoms with van der Waals surface area (Å²) in [7, 11) is 0. The molecule has 1 spiro atoms. The number of amides is 1. The number of benzene rings is 1. The number of aromatic nitrogens is 5. The number of halogens is 1. The number of nitrogens with one attached hydrogen (secondary N) is 1. The Kier molecular flexibility index (Phi) is 3.94. The van der Waals surface area contributed by atoms with Gasteiger partial charge in [0.25, 0.3) is 0 Å². The molecule has 1 N–H and O–H groups in total. The molecule has 1 saturated carbocycles. The molecule has 2 saturated heterocycles. The molecule has 37 heavy (non-hydrogen) atoms. The Morgan fingerprint density at radius 1 is 1.19 bits per heavy atom. The number of carbonyl (C=O) groups excluding carboxylic acids is 1. The number of anilines is 2. The molecule has 3 atom stereocenters. The molecular weight excluding hydrogens is 473 g/mol. The third kappa shape index (κ3) is 2.68. The van der Waals surface area contributed by atoms with Crippen molar-refractivity contribution in [1.82, 2.24) is 24.7 Å². The minimum absolute atomic E-state index is 0.0189. The zero-order valence-corrected chi connectivity index (χ0v) is 20.4. The number of nitrogens with zero attached hydrogens (tertiary/aromatic N) is 6. The van der Waals surface area contributed by atoms with E-state index >= 15 is 0 Å². The van der Waals surface area contributed by atoms with Crippen molar-refractivity contribution in [2.45, 2.75) is 43.9 Å². The highest BCUT2D eigenvalue weighted by atomic mass is 19.1. The van der Waals surface area contributed by atoms with Gasteiger partial charge in [0.2, 0.25) is 5.91 Å². The number of hydrogen-bond donors (Lipinski definition) is 1. The van der Waals surface area contributed by atoms with E-state index in [4.69, 9.17) is 19.8 Å². The van der Waals surface area contributed by atoms with Gasteiger partial charge in [0, 0.05) is 24.2 Å². The SMILES string of the molecule is CC1(C)C(=O)Nc2nc(-c3nn(Cc4ccccc4F)c4ncccc34)nc(N3C[C@H]4OC[C@@H]5CC543)c21. The van der Waals surface area contributed by atoms with E-state index in [2.05, 4.69) is 15.2 Å². The maximum Gasteiger partial charge on any atom is 0.235 e. The van der Waals surface area contributed by atoms with Crippen molar-refractivity contribution < 1.29 is 13.9 Å². The highest BCUT2D eigenvalue weighted by Crippen LogP contribution is 2.64. The standard InChI is InChI=1S/C27H24FN7O2/c1-26(2)19-21(32-25(26)36)30-22(31-24(19)34-12-18-27(34)10-15(27)13-37-18)20-16-7-5-9-29-23(16)35(33-20)11-14-6-3-4-8-17(14)28/h3-9,15,18H,10-13H2,1-2H3,(H,30,31,32,36)/t15-,18+,27?/m0/s1. The van der Waals surface area contributed by atoms with E-state index in [1.807, 2.05) is 26.0 Å². The van der Waals surface area contributed by atoms with Gasteiger partial charge in [-0.1, -0.05) is 18.2 Å². The van der Waals surface area contributed by atoms with Crippen LogP contribution >= 0.6 is 0 Å². The minimum atomic E-state index is -0.761. The van der Waals surface area contributed by atoms with Gasteiger partial charge in [-0.3, -0.25) is 4.79 Å². The number of carbonyl (C=O) groups is 1. The fraction of sp³-hybridized carbons (Fsp3) is 0.370. The van der Waals surface area contributed by atoms with E-state index in [0.717, 1.165) is 36.3 Å². The van der Waals surface area contributed by atoms with Crippen molar-refractivity contribution >= 4 is 28.6 Å². The van der Waals surface area contributed by atoms with Gasteiger partial charge in [0.15, 0.2) is 11.5 Å². The summed E-state index contributed by atoms with van der Waals surface area (Å²) < 4.78 is 22.1. The Hall–Kier alpha value is -3.92.